The molecule has 0 aliphatic rings. The van der Waals surface area contributed by atoms with Crippen LogP contribution in [0, 0.1) is 7.14 Å². The molecule has 0 aliphatic heterocycles. The Bertz CT molecular complexity index is 1390. The Labute approximate surface area is 208 Å². The van der Waals surface area contributed by atoms with Crippen LogP contribution in [0.25, 0.3) is 43.1 Å². The molecule has 0 atom stereocenters. The maximum absolute atomic E-state index is 2.52. The predicted octanol–water partition coefficient (Wildman–Crippen LogP) is 9.10. The molecule has 6 aromatic rings. The third-order valence-electron chi connectivity index (χ3n) is 6.31. The van der Waals surface area contributed by atoms with Crippen molar-refractivity contribution in [1.82, 2.24) is 0 Å². The van der Waals surface area contributed by atoms with E-state index in [-0.39, 0.29) is 0 Å². The molecule has 0 aromatic heterocycles. The van der Waals surface area contributed by atoms with Gasteiger partial charge in [-0.15, -0.1) is 0 Å². The topological polar surface area (TPSA) is 0 Å². The van der Waals surface area contributed by atoms with Crippen molar-refractivity contribution >= 4 is 88.3 Å². The summed E-state index contributed by atoms with van der Waals surface area (Å²) in [4.78, 5) is 0. The van der Waals surface area contributed by atoms with Crippen LogP contribution in [0.3, 0.4) is 0 Å². The summed E-state index contributed by atoms with van der Waals surface area (Å²) in [6.07, 6.45) is 0.913. The van der Waals surface area contributed by atoms with Crippen molar-refractivity contribution in [3.05, 3.63) is 115 Å². The molecule has 0 spiro atoms. The lowest BCUT2D eigenvalue weighted by Gasteiger charge is -2.18. The second-order valence-electron chi connectivity index (χ2n) is 7.94. The highest BCUT2D eigenvalue weighted by Crippen LogP contribution is 2.39. The Morgan fingerprint density at radius 3 is 0.839 bits per heavy atom. The van der Waals surface area contributed by atoms with Crippen molar-refractivity contribution in [2.24, 2.45) is 0 Å². The molecular weight excluding hydrogens is 602 g/mol. The van der Waals surface area contributed by atoms with Gasteiger partial charge in [-0.05, 0) is 106 Å². The average molecular weight is 620 g/mol. The standard InChI is InChI=1S/C29H18I2/c30-28-22-13-5-1-9-18(22)26(19-10-2-6-14-23(19)28)17-27-20-11-3-7-15-24(20)29(31)25-16-8-4-12-21(25)27/h1-16H,17H2. The molecule has 0 aliphatic carbocycles. The van der Waals surface area contributed by atoms with Gasteiger partial charge in [-0.3, -0.25) is 0 Å². The molecule has 6 aromatic carbocycles. The van der Waals surface area contributed by atoms with Crippen LogP contribution in [-0.4, -0.2) is 0 Å². The van der Waals surface area contributed by atoms with Crippen molar-refractivity contribution in [3.63, 3.8) is 0 Å². The summed E-state index contributed by atoms with van der Waals surface area (Å²) in [5.74, 6) is 0. The van der Waals surface area contributed by atoms with Gasteiger partial charge in [-0.2, -0.15) is 0 Å². The monoisotopic (exact) mass is 620 g/mol. The predicted molar refractivity (Wildman–Crippen MR) is 151 cm³/mol. The molecular formula is C29H18I2. The Morgan fingerprint density at radius 2 is 0.581 bits per heavy atom. The summed E-state index contributed by atoms with van der Waals surface area (Å²) in [6, 6.07) is 35.5. The van der Waals surface area contributed by atoms with Crippen molar-refractivity contribution < 1.29 is 0 Å². The van der Waals surface area contributed by atoms with Gasteiger partial charge >= 0.3 is 0 Å². The Morgan fingerprint density at radius 1 is 0.355 bits per heavy atom. The van der Waals surface area contributed by atoms with Gasteiger partial charge in [0.25, 0.3) is 0 Å². The number of fused-ring (bicyclic) bond motifs is 4. The van der Waals surface area contributed by atoms with Crippen molar-refractivity contribution in [2.45, 2.75) is 6.42 Å². The van der Waals surface area contributed by atoms with E-state index in [1.807, 2.05) is 0 Å². The summed E-state index contributed by atoms with van der Waals surface area (Å²) >= 11 is 5.03. The van der Waals surface area contributed by atoms with E-state index in [2.05, 4.69) is 142 Å². The van der Waals surface area contributed by atoms with E-state index in [4.69, 9.17) is 0 Å². The van der Waals surface area contributed by atoms with Crippen LogP contribution in [0.1, 0.15) is 11.1 Å². The molecule has 0 unspecified atom stereocenters. The first kappa shape index (κ1) is 19.5. The van der Waals surface area contributed by atoms with Gasteiger partial charge in [0.15, 0.2) is 0 Å². The summed E-state index contributed by atoms with van der Waals surface area (Å²) in [7, 11) is 0. The first-order valence-electron chi connectivity index (χ1n) is 10.4. The third kappa shape index (κ3) is 3.06. The van der Waals surface area contributed by atoms with E-state index < -0.39 is 0 Å². The molecule has 148 valence electrons. The molecule has 0 heterocycles. The van der Waals surface area contributed by atoms with Crippen LogP contribution in [0.2, 0.25) is 0 Å². The SMILES string of the molecule is Ic1c2ccccc2c(Cc2c3ccccc3c(I)c3ccccc23)c2ccccc12. The molecule has 0 bridgehead atoms. The third-order valence-corrected chi connectivity index (χ3v) is 8.63. The molecule has 0 nitrogen and oxygen atoms in total. The Hall–Kier alpha value is -2.18. The quantitative estimate of drug-likeness (QED) is 0.134. The van der Waals surface area contributed by atoms with Crippen LogP contribution in [0.15, 0.2) is 97.1 Å². The highest BCUT2D eigenvalue weighted by molar-refractivity contribution is 14.1. The fourth-order valence-electron chi connectivity index (χ4n) is 4.89. The van der Waals surface area contributed by atoms with Crippen molar-refractivity contribution in [1.29, 1.82) is 0 Å². The first-order valence-corrected chi connectivity index (χ1v) is 12.6. The van der Waals surface area contributed by atoms with Crippen LogP contribution in [-0.2, 0) is 6.42 Å². The minimum absolute atomic E-state index is 0.913. The van der Waals surface area contributed by atoms with Crippen molar-refractivity contribution in [2.75, 3.05) is 0 Å². The van der Waals surface area contributed by atoms with Gasteiger partial charge in [0.1, 0.15) is 0 Å². The van der Waals surface area contributed by atoms with E-state index in [0.29, 0.717) is 0 Å². The number of hydrogen-bond donors (Lipinski definition) is 0. The molecule has 0 saturated heterocycles. The molecule has 0 fully saturated rings. The van der Waals surface area contributed by atoms with Crippen LogP contribution < -0.4 is 0 Å². The van der Waals surface area contributed by atoms with Gasteiger partial charge < -0.3 is 0 Å². The number of hydrogen-bond acceptors (Lipinski definition) is 0. The van der Waals surface area contributed by atoms with E-state index in [0.717, 1.165) is 6.42 Å². The minimum atomic E-state index is 0.913. The largest absolute Gasteiger partial charge is 0.0616 e. The van der Waals surface area contributed by atoms with Gasteiger partial charge in [-0.1, -0.05) is 97.1 Å². The van der Waals surface area contributed by atoms with Crippen LogP contribution >= 0.6 is 45.2 Å². The summed E-state index contributed by atoms with van der Waals surface area (Å²) in [6.45, 7) is 0. The van der Waals surface area contributed by atoms with E-state index in [9.17, 15) is 0 Å². The fraction of sp³-hybridized carbons (Fsp3) is 0.0345. The van der Waals surface area contributed by atoms with Crippen LogP contribution in [0.4, 0.5) is 0 Å². The van der Waals surface area contributed by atoms with Gasteiger partial charge in [0.05, 0.1) is 0 Å². The first-order chi connectivity index (χ1) is 15.2. The zero-order valence-corrected chi connectivity index (χ0v) is 21.0. The van der Waals surface area contributed by atoms with Gasteiger partial charge in [0, 0.05) is 7.14 Å². The van der Waals surface area contributed by atoms with Gasteiger partial charge in [0.2, 0.25) is 0 Å². The Kier molecular flexibility index (Phi) is 4.87. The maximum Gasteiger partial charge on any atom is 0.0287 e. The summed E-state index contributed by atoms with van der Waals surface area (Å²) in [5, 5.41) is 10.8. The molecule has 2 heteroatoms. The lowest BCUT2D eigenvalue weighted by atomic mass is 9.88. The zero-order chi connectivity index (χ0) is 20.9. The fourth-order valence-corrected chi connectivity index (χ4v) is 6.77. The van der Waals surface area contributed by atoms with E-state index in [1.165, 1.54) is 61.4 Å². The second kappa shape index (κ2) is 7.75. The van der Waals surface area contributed by atoms with Gasteiger partial charge in [-0.25, -0.2) is 0 Å². The zero-order valence-electron chi connectivity index (χ0n) is 16.7. The molecule has 0 radical (unpaired) electrons. The second-order valence-corrected chi connectivity index (χ2v) is 10.1. The average Bonchev–Trinajstić information content (AvgIpc) is 2.84. The molecule has 31 heavy (non-hydrogen) atoms. The number of rotatable bonds is 2. The minimum Gasteiger partial charge on any atom is -0.0616 e. The molecule has 0 amide bonds. The lowest BCUT2D eigenvalue weighted by Crippen LogP contribution is -1.98. The molecule has 6 rings (SSSR count). The number of benzene rings is 6. The summed E-state index contributed by atoms with van der Waals surface area (Å²) < 4.78 is 2.68. The maximum atomic E-state index is 2.52. The highest BCUT2D eigenvalue weighted by Gasteiger charge is 2.17. The molecule has 0 N–H and O–H groups in total. The van der Waals surface area contributed by atoms with E-state index >= 15 is 0 Å². The summed E-state index contributed by atoms with van der Waals surface area (Å²) in [5.41, 5.74) is 2.84. The lowest BCUT2D eigenvalue weighted by molar-refractivity contribution is 1.28. The van der Waals surface area contributed by atoms with Crippen molar-refractivity contribution in [3.8, 4) is 0 Å². The highest BCUT2D eigenvalue weighted by atomic mass is 127. The Balaban J connectivity index is 1.76. The van der Waals surface area contributed by atoms with Crippen LogP contribution in [0.5, 0.6) is 0 Å². The number of halogens is 2. The smallest absolute Gasteiger partial charge is 0.0287 e. The molecule has 0 saturated carbocycles. The normalized spacial score (nSPS) is 11.7. The van der Waals surface area contributed by atoms with E-state index in [1.54, 1.807) is 0 Å².